The summed E-state index contributed by atoms with van der Waals surface area (Å²) in [6.07, 6.45) is 3.20. The minimum atomic E-state index is -0.943. The number of benzene rings is 2. The van der Waals surface area contributed by atoms with Crippen molar-refractivity contribution in [2.24, 2.45) is 0 Å². The second-order valence-electron chi connectivity index (χ2n) is 6.48. The molecule has 3 rings (SSSR count). The Morgan fingerprint density at radius 3 is 2.60 bits per heavy atom. The zero-order chi connectivity index (χ0) is 18.0. The number of ether oxygens (including phenoxy) is 1. The number of para-hydroxylation sites is 1. The first kappa shape index (κ1) is 16.8. The fourth-order valence-corrected chi connectivity index (χ4v) is 2.46. The van der Waals surface area contributed by atoms with E-state index in [1.165, 1.54) is 6.08 Å². The lowest BCUT2D eigenvalue weighted by Gasteiger charge is -2.32. The molecule has 0 bridgehead atoms. The molecule has 1 heterocycles. The molecular formula is C20H20N2O3. The average Bonchev–Trinajstić information content (AvgIpc) is 2.56. The summed E-state index contributed by atoms with van der Waals surface area (Å²) in [5.74, 6) is -0.00475. The van der Waals surface area contributed by atoms with E-state index in [9.17, 15) is 9.59 Å². The number of rotatable bonds is 3. The molecule has 2 amide bonds. The SMILES string of the molecule is Cc1ccc(/C=C/C(=O)Nc2cccc3c2NC(=O)C(C)(C)O3)cc1. The molecule has 0 fully saturated rings. The lowest BCUT2D eigenvalue weighted by atomic mass is 10.1. The van der Waals surface area contributed by atoms with Crippen molar-refractivity contribution in [3.8, 4) is 5.75 Å². The fourth-order valence-electron chi connectivity index (χ4n) is 2.46. The van der Waals surface area contributed by atoms with E-state index in [2.05, 4.69) is 10.6 Å². The summed E-state index contributed by atoms with van der Waals surface area (Å²) < 4.78 is 5.71. The van der Waals surface area contributed by atoms with Crippen molar-refractivity contribution in [2.45, 2.75) is 26.4 Å². The van der Waals surface area contributed by atoms with Gasteiger partial charge in [0.1, 0.15) is 11.4 Å². The van der Waals surface area contributed by atoms with Gasteiger partial charge in [-0.15, -0.1) is 0 Å². The Labute approximate surface area is 146 Å². The van der Waals surface area contributed by atoms with E-state index in [0.29, 0.717) is 17.1 Å². The van der Waals surface area contributed by atoms with E-state index < -0.39 is 5.60 Å². The molecule has 5 heteroatoms. The molecule has 0 aromatic heterocycles. The molecule has 2 aromatic carbocycles. The Morgan fingerprint density at radius 2 is 1.88 bits per heavy atom. The highest BCUT2D eigenvalue weighted by Crippen LogP contribution is 2.38. The summed E-state index contributed by atoms with van der Waals surface area (Å²) in [4.78, 5) is 24.3. The Kier molecular flexibility index (Phi) is 4.31. The zero-order valence-electron chi connectivity index (χ0n) is 14.4. The zero-order valence-corrected chi connectivity index (χ0v) is 14.4. The van der Waals surface area contributed by atoms with Crippen LogP contribution in [-0.2, 0) is 9.59 Å². The molecular weight excluding hydrogens is 316 g/mol. The molecule has 1 aliphatic rings. The molecule has 25 heavy (non-hydrogen) atoms. The van der Waals surface area contributed by atoms with Crippen LogP contribution in [0.5, 0.6) is 5.75 Å². The first-order chi connectivity index (χ1) is 11.8. The Hall–Kier alpha value is -3.08. The van der Waals surface area contributed by atoms with Gasteiger partial charge in [0.05, 0.1) is 5.69 Å². The number of nitrogens with one attached hydrogen (secondary N) is 2. The molecule has 2 aromatic rings. The van der Waals surface area contributed by atoms with Crippen LogP contribution in [0.1, 0.15) is 25.0 Å². The van der Waals surface area contributed by atoms with Crippen LogP contribution in [-0.4, -0.2) is 17.4 Å². The Bertz CT molecular complexity index is 852. The number of amides is 2. The van der Waals surface area contributed by atoms with Crippen molar-refractivity contribution in [3.63, 3.8) is 0 Å². The van der Waals surface area contributed by atoms with Gasteiger partial charge in [-0.05, 0) is 44.5 Å². The number of hydrogen-bond donors (Lipinski definition) is 2. The number of hydrogen-bond acceptors (Lipinski definition) is 3. The summed E-state index contributed by atoms with van der Waals surface area (Å²) in [7, 11) is 0. The van der Waals surface area contributed by atoms with Crippen LogP contribution < -0.4 is 15.4 Å². The van der Waals surface area contributed by atoms with Crippen molar-refractivity contribution in [1.29, 1.82) is 0 Å². The third-order valence-corrected chi connectivity index (χ3v) is 3.94. The quantitative estimate of drug-likeness (QED) is 0.839. The van der Waals surface area contributed by atoms with Crippen LogP contribution in [0.3, 0.4) is 0 Å². The first-order valence-corrected chi connectivity index (χ1v) is 8.04. The Balaban J connectivity index is 1.76. The summed E-state index contributed by atoms with van der Waals surface area (Å²) in [6.45, 7) is 5.40. The third kappa shape index (κ3) is 3.71. The van der Waals surface area contributed by atoms with Crippen LogP contribution >= 0.6 is 0 Å². The highest BCUT2D eigenvalue weighted by atomic mass is 16.5. The maximum absolute atomic E-state index is 12.2. The normalized spacial score (nSPS) is 15.2. The molecule has 0 radical (unpaired) electrons. The van der Waals surface area contributed by atoms with Gasteiger partial charge in [-0.2, -0.15) is 0 Å². The molecule has 0 atom stereocenters. The van der Waals surface area contributed by atoms with E-state index in [1.807, 2.05) is 31.2 Å². The molecule has 2 N–H and O–H groups in total. The van der Waals surface area contributed by atoms with E-state index >= 15 is 0 Å². The smallest absolute Gasteiger partial charge is 0.268 e. The van der Waals surface area contributed by atoms with E-state index in [4.69, 9.17) is 4.74 Å². The van der Waals surface area contributed by atoms with Gasteiger partial charge in [-0.25, -0.2) is 0 Å². The largest absolute Gasteiger partial charge is 0.476 e. The second-order valence-corrected chi connectivity index (χ2v) is 6.48. The van der Waals surface area contributed by atoms with Crippen LogP contribution in [0.2, 0.25) is 0 Å². The number of anilines is 2. The van der Waals surface area contributed by atoms with Gasteiger partial charge in [0.2, 0.25) is 5.91 Å². The van der Waals surface area contributed by atoms with Gasteiger partial charge in [0, 0.05) is 6.08 Å². The van der Waals surface area contributed by atoms with Gasteiger partial charge < -0.3 is 15.4 Å². The van der Waals surface area contributed by atoms with Gasteiger partial charge in [0.15, 0.2) is 5.60 Å². The van der Waals surface area contributed by atoms with Crippen molar-refractivity contribution >= 4 is 29.3 Å². The van der Waals surface area contributed by atoms with Crippen LogP contribution in [0.15, 0.2) is 48.5 Å². The van der Waals surface area contributed by atoms with Crippen LogP contribution in [0.25, 0.3) is 6.08 Å². The standard InChI is InChI=1S/C20H20N2O3/c1-13-7-9-14(10-8-13)11-12-17(23)21-15-5-4-6-16-18(15)22-19(24)20(2,3)25-16/h4-12H,1-3H3,(H,21,23)(H,22,24)/b12-11+. The maximum Gasteiger partial charge on any atom is 0.268 e. The number of aryl methyl sites for hydroxylation is 1. The Morgan fingerprint density at radius 1 is 1.16 bits per heavy atom. The summed E-state index contributed by atoms with van der Waals surface area (Å²) in [6, 6.07) is 13.1. The lowest BCUT2D eigenvalue weighted by molar-refractivity contribution is -0.129. The van der Waals surface area contributed by atoms with Crippen molar-refractivity contribution in [1.82, 2.24) is 0 Å². The maximum atomic E-state index is 12.2. The highest BCUT2D eigenvalue weighted by Gasteiger charge is 2.36. The summed E-state index contributed by atoms with van der Waals surface area (Å²) >= 11 is 0. The van der Waals surface area contributed by atoms with Gasteiger partial charge >= 0.3 is 0 Å². The minimum absolute atomic E-state index is 0.253. The lowest BCUT2D eigenvalue weighted by Crippen LogP contribution is -2.45. The monoisotopic (exact) mass is 336 g/mol. The van der Waals surface area contributed by atoms with Crippen molar-refractivity contribution < 1.29 is 14.3 Å². The van der Waals surface area contributed by atoms with E-state index in [-0.39, 0.29) is 11.8 Å². The fraction of sp³-hybridized carbons (Fsp3) is 0.200. The number of carbonyl (C=O) groups excluding carboxylic acids is 2. The number of carbonyl (C=O) groups is 2. The van der Waals surface area contributed by atoms with Crippen molar-refractivity contribution in [2.75, 3.05) is 10.6 Å². The molecule has 0 unspecified atom stereocenters. The van der Waals surface area contributed by atoms with Crippen LogP contribution in [0.4, 0.5) is 11.4 Å². The van der Waals surface area contributed by atoms with E-state index in [1.54, 1.807) is 38.1 Å². The van der Waals surface area contributed by atoms with Gasteiger partial charge in [0.25, 0.3) is 5.91 Å². The molecule has 1 aliphatic heterocycles. The average molecular weight is 336 g/mol. The molecule has 0 saturated heterocycles. The topological polar surface area (TPSA) is 67.4 Å². The minimum Gasteiger partial charge on any atom is -0.476 e. The number of fused-ring (bicyclic) bond motifs is 1. The van der Waals surface area contributed by atoms with Gasteiger partial charge in [-0.3, -0.25) is 9.59 Å². The predicted molar refractivity (Wildman–Crippen MR) is 98.6 cm³/mol. The highest BCUT2D eigenvalue weighted by molar-refractivity contribution is 6.08. The molecule has 5 nitrogen and oxygen atoms in total. The second kappa shape index (κ2) is 6.43. The predicted octanol–water partition coefficient (Wildman–Crippen LogP) is 3.76. The van der Waals surface area contributed by atoms with Gasteiger partial charge in [-0.1, -0.05) is 35.9 Å². The van der Waals surface area contributed by atoms with Crippen molar-refractivity contribution in [3.05, 3.63) is 59.7 Å². The summed E-state index contributed by atoms with van der Waals surface area (Å²) in [5, 5.41) is 5.58. The molecule has 128 valence electrons. The van der Waals surface area contributed by atoms with Crippen LogP contribution in [0, 0.1) is 6.92 Å². The molecule has 0 saturated carbocycles. The molecule has 0 aliphatic carbocycles. The first-order valence-electron chi connectivity index (χ1n) is 8.04. The third-order valence-electron chi connectivity index (χ3n) is 3.94. The van der Waals surface area contributed by atoms with E-state index in [0.717, 1.165) is 11.1 Å². The molecule has 0 spiro atoms. The summed E-state index contributed by atoms with van der Waals surface area (Å²) in [5.41, 5.74) is 2.13.